The van der Waals surface area contributed by atoms with E-state index in [0.717, 1.165) is 6.29 Å². The van der Waals surface area contributed by atoms with Crippen LogP contribution in [-0.2, 0) is 9.53 Å². The lowest BCUT2D eigenvalue weighted by Crippen LogP contribution is -2.27. The van der Waals surface area contributed by atoms with Crippen LogP contribution in [0.15, 0.2) is 0 Å². The molecular formula is C6H10O3. The van der Waals surface area contributed by atoms with E-state index in [0.29, 0.717) is 19.6 Å². The Morgan fingerprint density at radius 2 is 2.56 bits per heavy atom. The molecule has 0 aromatic rings. The molecule has 9 heavy (non-hydrogen) atoms. The number of aliphatic hydroxyl groups is 1. The van der Waals surface area contributed by atoms with Gasteiger partial charge in [0.05, 0.1) is 18.6 Å². The lowest BCUT2D eigenvalue weighted by molar-refractivity contribution is -0.118. The molecule has 0 aromatic carbocycles. The van der Waals surface area contributed by atoms with Crippen molar-refractivity contribution in [1.82, 2.24) is 0 Å². The van der Waals surface area contributed by atoms with Gasteiger partial charge in [0, 0.05) is 6.61 Å². The average molecular weight is 130 g/mol. The molecule has 0 bridgehead atoms. The predicted octanol–water partition coefficient (Wildman–Crippen LogP) is -0.416. The molecule has 1 fully saturated rings. The van der Waals surface area contributed by atoms with Crippen LogP contribution in [0.2, 0.25) is 0 Å². The molecule has 1 aliphatic rings. The minimum absolute atomic E-state index is 0.0868. The summed E-state index contributed by atoms with van der Waals surface area (Å²) in [7, 11) is 0. The molecule has 1 rings (SSSR count). The first-order valence-electron chi connectivity index (χ1n) is 2.98. The van der Waals surface area contributed by atoms with Gasteiger partial charge in [-0.05, 0) is 6.42 Å². The number of carbonyl (C=O) groups excluding carboxylic acids is 1. The quantitative estimate of drug-likeness (QED) is 0.516. The van der Waals surface area contributed by atoms with Gasteiger partial charge in [-0.3, -0.25) is 0 Å². The minimum Gasteiger partial charge on any atom is -0.395 e. The first-order valence-corrected chi connectivity index (χ1v) is 2.98. The summed E-state index contributed by atoms with van der Waals surface area (Å²) < 4.78 is 4.95. The lowest BCUT2D eigenvalue weighted by Gasteiger charge is -2.14. The van der Waals surface area contributed by atoms with Crippen LogP contribution in [0, 0.1) is 5.41 Å². The first kappa shape index (κ1) is 6.71. The number of hydrogen-bond acceptors (Lipinski definition) is 3. The van der Waals surface area contributed by atoms with Crippen molar-refractivity contribution in [3.05, 3.63) is 0 Å². The first-order chi connectivity index (χ1) is 4.33. The third-order valence-electron chi connectivity index (χ3n) is 1.70. The fraction of sp³-hybridized carbons (Fsp3) is 0.833. The van der Waals surface area contributed by atoms with Gasteiger partial charge in [-0.2, -0.15) is 0 Å². The standard InChI is InChI=1S/C6H10O3/c7-3-6(4-8)1-2-9-5-6/h3,8H,1-2,4-5H2. The van der Waals surface area contributed by atoms with Crippen LogP contribution in [0.3, 0.4) is 0 Å². The number of aldehydes is 1. The molecule has 1 atom stereocenters. The van der Waals surface area contributed by atoms with Crippen LogP contribution in [0.1, 0.15) is 6.42 Å². The zero-order valence-corrected chi connectivity index (χ0v) is 5.17. The molecule has 0 aromatic heterocycles. The van der Waals surface area contributed by atoms with Gasteiger partial charge in [-0.25, -0.2) is 0 Å². The molecule has 0 aliphatic carbocycles. The normalized spacial score (nSPS) is 34.8. The van der Waals surface area contributed by atoms with E-state index in [4.69, 9.17) is 9.84 Å². The molecule has 0 spiro atoms. The summed E-state index contributed by atoms with van der Waals surface area (Å²) in [6.45, 7) is 0.892. The molecule has 1 aliphatic heterocycles. The Morgan fingerprint density at radius 1 is 1.78 bits per heavy atom. The number of aliphatic hydroxyl groups excluding tert-OH is 1. The third kappa shape index (κ3) is 1.11. The summed E-state index contributed by atoms with van der Waals surface area (Å²) in [5.74, 6) is 0. The van der Waals surface area contributed by atoms with Crippen LogP contribution in [-0.4, -0.2) is 31.2 Å². The van der Waals surface area contributed by atoms with Crippen molar-refractivity contribution in [2.45, 2.75) is 6.42 Å². The highest BCUT2D eigenvalue weighted by Crippen LogP contribution is 2.24. The van der Waals surface area contributed by atoms with Crippen molar-refractivity contribution in [1.29, 1.82) is 0 Å². The van der Waals surface area contributed by atoms with Crippen LogP contribution < -0.4 is 0 Å². The average Bonchev–Trinajstić information content (AvgIpc) is 2.36. The Hall–Kier alpha value is -0.410. The molecule has 0 saturated carbocycles. The van der Waals surface area contributed by atoms with Crippen molar-refractivity contribution >= 4 is 6.29 Å². The molecule has 1 heterocycles. The Morgan fingerprint density at radius 3 is 2.78 bits per heavy atom. The maximum atomic E-state index is 10.3. The second kappa shape index (κ2) is 2.45. The second-order valence-electron chi connectivity index (χ2n) is 2.44. The molecule has 3 nitrogen and oxygen atoms in total. The maximum absolute atomic E-state index is 10.3. The van der Waals surface area contributed by atoms with Gasteiger partial charge in [0.15, 0.2) is 0 Å². The van der Waals surface area contributed by atoms with Crippen LogP contribution >= 0.6 is 0 Å². The summed E-state index contributed by atoms with van der Waals surface area (Å²) in [5.41, 5.74) is -0.569. The van der Waals surface area contributed by atoms with Crippen LogP contribution in [0.4, 0.5) is 0 Å². The van der Waals surface area contributed by atoms with E-state index in [1.165, 1.54) is 0 Å². The Labute approximate surface area is 53.6 Å². The van der Waals surface area contributed by atoms with Gasteiger partial charge in [0.2, 0.25) is 0 Å². The van der Waals surface area contributed by atoms with Crippen molar-refractivity contribution in [2.75, 3.05) is 19.8 Å². The van der Waals surface area contributed by atoms with Crippen molar-refractivity contribution in [2.24, 2.45) is 5.41 Å². The molecule has 52 valence electrons. The minimum atomic E-state index is -0.569. The van der Waals surface area contributed by atoms with E-state index in [-0.39, 0.29) is 6.61 Å². The van der Waals surface area contributed by atoms with Gasteiger partial charge in [0.1, 0.15) is 6.29 Å². The maximum Gasteiger partial charge on any atom is 0.130 e. The monoisotopic (exact) mass is 130 g/mol. The number of carbonyl (C=O) groups is 1. The summed E-state index contributed by atoms with van der Waals surface area (Å²) >= 11 is 0. The zero-order valence-electron chi connectivity index (χ0n) is 5.17. The molecule has 1 unspecified atom stereocenters. The molecule has 0 radical (unpaired) electrons. The van der Waals surface area contributed by atoms with Gasteiger partial charge in [-0.1, -0.05) is 0 Å². The summed E-state index contributed by atoms with van der Waals surface area (Å²) in [6, 6.07) is 0. The van der Waals surface area contributed by atoms with Gasteiger partial charge in [-0.15, -0.1) is 0 Å². The molecule has 3 heteroatoms. The summed E-state index contributed by atoms with van der Waals surface area (Å²) in [5, 5.41) is 8.71. The molecular weight excluding hydrogens is 120 g/mol. The van der Waals surface area contributed by atoms with E-state index in [1.54, 1.807) is 0 Å². The summed E-state index contributed by atoms with van der Waals surface area (Å²) in [6.07, 6.45) is 1.45. The molecule has 1 saturated heterocycles. The van der Waals surface area contributed by atoms with Gasteiger partial charge in [0.25, 0.3) is 0 Å². The van der Waals surface area contributed by atoms with Gasteiger partial charge < -0.3 is 14.6 Å². The predicted molar refractivity (Wildman–Crippen MR) is 31.0 cm³/mol. The number of rotatable bonds is 2. The second-order valence-corrected chi connectivity index (χ2v) is 2.44. The van der Waals surface area contributed by atoms with E-state index in [1.807, 2.05) is 0 Å². The molecule has 0 amide bonds. The Bertz CT molecular complexity index is 105. The molecule has 1 N–H and O–H groups in total. The van der Waals surface area contributed by atoms with Crippen molar-refractivity contribution in [3.63, 3.8) is 0 Å². The topological polar surface area (TPSA) is 46.5 Å². The highest BCUT2D eigenvalue weighted by Gasteiger charge is 2.33. The number of hydrogen-bond donors (Lipinski definition) is 1. The van der Waals surface area contributed by atoms with Crippen LogP contribution in [0.25, 0.3) is 0 Å². The largest absolute Gasteiger partial charge is 0.395 e. The van der Waals surface area contributed by atoms with E-state index in [9.17, 15) is 4.79 Å². The highest BCUT2D eigenvalue weighted by atomic mass is 16.5. The highest BCUT2D eigenvalue weighted by molar-refractivity contribution is 5.60. The summed E-state index contributed by atoms with van der Waals surface area (Å²) in [4.78, 5) is 10.3. The fourth-order valence-electron chi connectivity index (χ4n) is 0.878. The van der Waals surface area contributed by atoms with Gasteiger partial charge >= 0.3 is 0 Å². The zero-order chi connectivity index (χ0) is 6.74. The SMILES string of the molecule is O=CC1(CO)CCOC1. The van der Waals surface area contributed by atoms with Crippen molar-refractivity contribution in [3.8, 4) is 0 Å². The van der Waals surface area contributed by atoms with Crippen molar-refractivity contribution < 1.29 is 14.6 Å². The third-order valence-corrected chi connectivity index (χ3v) is 1.70. The van der Waals surface area contributed by atoms with E-state index < -0.39 is 5.41 Å². The Kier molecular flexibility index (Phi) is 1.83. The Balaban J connectivity index is 2.55. The number of ether oxygens (including phenoxy) is 1. The van der Waals surface area contributed by atoms with E-state index in [2.05, 4.69) is 0 Å². The fourth-order valence-corrected chi connectivity index (χ4v) is 0.878. The smallest absolute Gasteiger partial charge is 0.130 e. The van der Waals surface area contributed by atoms with E-state index >= 15 is 0 Å². The lowest BCUT2D eigenvalue weighted by atomic mass is 9.91. The van der Waals surface area contributed by atoms with Crippen LogP contribution in [0.5, 0.6) is 0 Å².